The van der Waals surface area contributed by atoms with Gasteiger partial charge in [0.1, 0.15) is 6.29 Å². The maximum Gasteiger partial charge on any atom is 0.189 e. The molecule has 1 aromatic carbocycles. The Hall–Kier alpha value is -1.16. The molecule has 4 rings (SSSR count). The highest BCUT2D eigenvalue weighted by atomic mass is 35.5. The van der Waals surface area contributed by atoms with Crippen molar-refractivity contribution < 1.29 is 14.3 Å². The molecule has 1 fully saturated rings. The Morgan fingerprint density at radius 3 is 2.61 bits per heavy atom. The molecule has 1 aliphatic heterocycles. The van der Waals surface area contributed by atoms with Gasteiger partial charge >= 0.3 is 0 Å². The zero-order valence-electron chi connectivity index (χ0n) is 13.5. The summed E-state index contributed by atoms with van der Waals surface area (Å²) in [6.45, 7) is 4.06. The van der Waals surface area contributed by atoms with Crippen molar-refractivity contribution in [2.45, 2.75) is 57.5 Å². The van der Waals surface area contributed by atoms with Crippen LogP contribution in [0.4, 0.5) is 0 Å². The highest BCUT2D eigenvalue weighted by Gasteiger charge is 2.51. The normalized spacial score (nSPS) is 38.8. The number of fused-ring (bicyclic) bond motifs is 3. The van der Waals surface area contributed by atoms with E-state index in [1.54, 1.807) is 0 Å². The van der Waals surface area contributed by atoms with Gasteiger partial charge in [0, 0.05) is 17.0 Å². The Kier molecular flexibility index (Phi) is 3.45. The van der Waals surface area contributed by atoms with E-state index in [1.807, 2.05) is 32.1 Å². The molecule has 0 saturated carbocycles. The molecule has 0 bridgehead atoms. The van der Waals surface area contributed by atoms with Gasteiger partial charge in [-0.3, -0.25) is 0 Å². The second-order valence-electron chi connectivity index (χ2n) is 7.06. The third kappa shape index (κ3) is 2.21. The van der Waals surface area contributed by atoms with Gasteiger partial charge < -0.3 is 14.3 Å². The van der Waals surface area contributed by atoms with Crippen LogP contribution >= 0.6 is 11.6 Å². The first-order chi connectivity index (χ1) is 11.0. The lowest BCUT2D eigenvalue weighted by atomic mass is 9.63. The van der Waals surface area contributed by atoms with Crippen LogP contribution in [0.2, 0.25) is 5.02 Å². The van der Waals surface area contributed by atoms with E-state index in [-0.39, 0.29) is 12.2 Å². The number of halogens is 1. The molecule has 1 spiro atoms. The van der Waals surface area contributed by atoms with Crippen LogP contribution < -0.4 is 0 Å². The Labute approximate surface area is 141 Å². The molecule has 2 aliphatic carbocycles. The van der Waals surface area contributed by atoms with Gasteiger partial charge in [-0.1, -0.05) is 23.7 Å². The lowest BCUT2D eigenvalue weighted by molar-refractivity contribution is -0.148. The molecule has 1 aromatic rings. The van der Waals surface area contributed by atoms with Crippen molar-refractivity contribution >= 4 is 23.5 Å². The number of aryl methyl sites for hydroxylation is 1. The third-order valence-electron chi connectivity index (χ3n) is 5.69. The molecule has 1 heterocycles. The van der Waals surface area contributed by atoms with Gasteiger partial charge in [-0.05, 0) is 56.4 Å². The molecule has 3 aliphatic rings. The molecule has 1 saturated heterocycles. The van der Waals surface area contributed by atoms with Crippen molar-refractivity contribution in [1.82, 2.24) is 0 Å². The van der Waals surface area contributed by atoms with Crippen LogP contribution in [0.5, 0.6) is 0 Å². The van der Waals surface area contributed by atoms with E-state index in [9.17, 15) is 4.79 Å². The van der Waals surface area contributed by atoms with E-state index in [1.165, 1.54) is 5.56 Å². The molecule has 122 valence electrons. The fourth-order valence-corrected chi connectivity index (χ4v) is 4.50. The maximum atomic E-state index is 12.0. The average molecular weight is 333 g/mol. The van der Waals surface area contributed by atoms with E-state index in [4.69, 9.17) is 21.1 Å². The number of aldehydes is 1. The van der Waals surface area contributed by atoms with Crippen molar-refractivity contribution in [3.8, 4) is 0 Å². The minimum absolute atomic E-state index is 0.0462. The predicted molar refractivity (Wildman–Crippen MR) is 89.3 cm³/mol. The van der Waals surface area contributed by atoms with Crippen LogP contribution in [0, 0.1) is 5.41 Å². The summed E-state index contributed by atoms with van der Waals surface area (Å²) in [4.78, 5) is 12.0. The zero-order valence-corrected chi connectivity index (χ0v) is 14.2. The number of benzene rings is 1. The minimum Gasteiger partial charge on any atom is -0.341 e. The maximum absolute atomic E-state index is 12.0. The van der Waals surface area contributed by atoms with Gasteiger partial charge in [0.15, 0.2) is 5.79 Å². The van der Waals surface area contributed by atoms with Crippen LogP contribution in [0.1, 0.15) is 44.2 Å². The Bertz CT molecular complexity index is 686. The second-order valence-corrected chi connectivity index (χ2v) is 7.47. The molecule has 3 nitrogen and oxygen atoms in total. The predicted octanol–water partition coefficient (Wildman–Crippen LogP) is 4.17. The summed E-state index contributed by atoms with van der Waals surface area (Å²) in [6.07, 6.45) is 6.41. The van der Waals surface area contributed by atoms with Crippen molar-refractivity contribution in [2.24, 2.45) is 5.41 Å². The van der Waals surface area contributed by atoms with Crippen molar-refractivity contribution in [3.05, 3.63) is 40.4 Å². The van der Waals surface area contributed by atoms with Crippen LogP contribution in [0.15, 0.2) is 24.3 Å². The van der Waals surface area contributed by atoms with Crippen molar-refractivity contribution in [2.75, 3.05) is 0 Å². The number of hydrogen-bond donors (Lipinski definition) is 0. The number of ether oxygens (including phenoxy) is 2. The molecule has 3 atom stereocenters. The summed E-state index contributed by atoms with van der Waals surface area (Å²) >= 11 is 6.50. The van der Waals surface area contributed by atoms with Crippen LogP contribution in [0.3, 0.4) is 0 Å². The highest BCUT2D eigenvalue weighted by Crippen LogP contribution is 2.55. The van der Waals surface area contributed by atoms with Gasteiger partial charge in [-0.2, -0.15) is 0 Å². The minimum atomic E-state index is -0.714. The zero-order chi connectivity index (χ0) is 16.2. The number of allylic oxidation sites excluding steroid dienone is 1. The smallest absolute Gasteiger partial charge is 0.189 e. The quantitative estimate of drug-likeness (QED) is 0.724. The van der Waals surface area contributed by atoms with Crippen molar-refractivity contribution in [1.29, 1.82) is 0 Å². The van der Waals surface area contributed by atoms with Gasteiger partial charge in [-0.15, -0.1) is 0 Å². The van der Waals surface area contributed by atoms with Gasteiger partial charge in [0.05, 0.1) is 17.6 Å². The number of carbonyl (C=O) groups excluding carboxylic acids is 1. The van der Waals surface area contributed by atoms with Gasteiger partial charge in [-0.25, -0.2) is 0 Å². The summed E-state index contributed by atoms with van der Waals surface area (Å²) in [5.41, 5.74) is 2.75. The van der Waals surface area contributed by atoms with Crippen LogP contribution in [-0.4, -0.2) is 24.3 Å². The molecule has 0 amide bonds. The molecule has 3 unspecified atom stereocenters. The summed E-state index contributed by atoms with van der Waals surface area (Å²) in [6, 6.07) is 5.96. The van der Waals surface area contributed by atoms with E-state index in [0.29, 0.717) is 11.4 Å². The lowest BCUT2D eigenvalue weighted by Gasteiger charge is -2.44. The summed E-state index contributed by atoms with van der Waals surface area (Å²) in [5, 5.41) is 0.704. The molecule has 0 N–H and O–H groups in total. The standard InChI is InChI=1S/C19H21ClO3/c1-12-13(2)23-19(22-12)9-8-18(11-21)7-6-14-4-3-5-16(20)17(14)15(18)10-19/h3-5,10-13H,6-9H2,1-2H3. The van der Waals surface area contributed by atoms with E-state index < -0.39 is 11.2 Å². The Balaban J connectivity index is 1.89. The lowest BCUT2D eigenvalue weighted by Crippen LogP contribution is -2.41. The second kappa shape index (κ2) is 5.17. The molecular weight excluding hydrogens is 312 g/mol. The number of hydrogen-bond acceptors (Lipinski definition) is 3. The molecule has 0 radical (unpaired) electrons. The Morgan fingerprint density at radius 1 is 1.17 bits per heavy atom. The fraction of sp³-hybridized carbons (Fsp3) is 0.526. The summed E-state index contributed by atoms with van der Waals surface area (Å²) in [5.74, 6) is -0.714. The largest absolute Gasteiger partial charge is 0.341 e. The van der Waals surface area contributed by atoms with Crippen LogP contribution in [-0.2, 0) is 20.7 Å². The van der Waals surface area contributed by atoms with E-state index in [0.717, 1.165) is 36.7 Å². The Morgan fingerprint density at radius 2 is 1.91 bits per heavy atom. The molecule has 4 heteroatoms. The first-order valence-corrected chi connectivity index (χ1v) is 8.69. The SMILES string of the molecule is CC1OC2(C=C3c4c(Cl)cccc4CCC3(C=O)CC2)OC1C. The topological polar surface area (TPSA) is 35.5 Å². The third-order valence-corrected chi connectivity index (χ3v) is 6.00. The molecule has 23 heavy (non-hydrogen) atoms. The fourth-order valence-electron chi connectivity index (χ4n) is 4.20. The number of rotatable bonds is 1. The monoisotopic (exact) mass is 332 g/mol. The summed E-state index contributed by atoms with van der Waals surface area (Å²) in [7, 11) is 0. The summed E-state index contributed by atoms with van der Waals surface area (Å²) < 4.78 is 12.3. The first-order valence-electron chi connectivity index (χ1n) is 8.32. The van der Waals surface area contributed by atoms with Gasteiger partial charge in [0.2, 0.25) is 0 Å². The number of carbonyl (C=O) groups is 1. The molecule has 0 aromatic heterocycles. The van der Waals surface area contributed by atoms with Gasteiger partial charge in [0.25, 0.3) is 0 Å². The highest BCUT2D eigenvalue weighted by molar-refractivity contribution is 6.32. The van der Waals surface area contributed by atoms with Crippen LogP contribution in [0.25, 0.3) is 5.57 Å². The first kappa shape index (κ1) is 15.4. The van der Waals surface area contributed by atoms with E-state index >= 15 is 0 Å². The van der Waals surface area contributed by atoms with Crippen molar-refractivity contribution in [3.63, 3.8) is 0 Å². The average Bonchev–Trinajstić information content (AvgIpc) is 2.81. The molecular formula is C19H21ClO3. The van der Waals surface area contributed by atoms with E-state index in [2.05, 4.69) is 6.07 Å².